The Labute approximate surface area is 129 Å². The third kappa shape index (κ3) is 6.66. The lowest BCUT2D eigenvalue weighted by Crippen LogP contribution is -2.20. The Hall–Kier alpha value is -0.680. The van der Waals surface area contributed by atoms with E-state index in [1.165, 1.54) is 0 Å². The van der Waals surface area contributed by atoms with Gasteiger partial charge in [-0.15, -0.1) is 23.2 Å². The molecule has 1 aromatic rings. The number of hydrogen-bond donors (Lipinski definition) is 0. The molecule has 0 fully saturated rings. The summed E-state index contributed by atoms with van der Waals surface area (Å²) in [5, 5.41) is 0. The molecule has 114 valence electrons. The van der Waals surface area contributed by atoms with E-state index in [2.05, 4.69) is 0 Å². The van der Waals surface area contributed by atoms with Gasteiger partial charge in [-0.25, -0.2) is 0 Å². The topological polar surface area (TPSA) is 36.9 Å². The first-order valence-corrected chi connectivity index (χ1v) is 7.51. The molecule has 0 aromatic heterocycles. The van der Waals surface area contributed by atoms with E-state index in [0.717, 1.165) is 0 Å². The van der Waals surface area contributed by atoms with E-state index in [1.807, 2.05) is 24.3 Å². The number of alkyl halides is 2. The van der Waals surface area contributed by atoms with Gasteiger partial charge in [0.15, 0.2) is 24.1 Å². The smallest absolute Gasteiger partial charge is 0.197 e. The Balaban J connectivity index is 2.58. The van der Waals surface area contributed by atoms with E-state index in [0.29, 0.717) is 36.5 Å². The summed E-state index contributed by atoms with van der Waals surface area (Å²) in [4.78, 5) is 0. The highest BCUT2D eigenvalue weighted by Gasteiger charge is 2.12. The molecule has 0 saturated heterocycles. The molecular formula is C14H20Cl2O4. The van der Waals surface area contributed by atoms with Gasteiger partial charge in [-0.2, -0.15) is 0 Å². The minimum Gasteiger partial charge on any atom is -0.461 e. The van der Waals surface area contributed by atoms with Gasteiger partial charge in [0.25, 0.3) is 0 Å². The minimum atomic E-state index is -0.405. The predicted octanol–water partition coefficient (Wildman–Crippen LogP) is 3.65. The third-order valence-electron chi connectivity index (χ3n) is 2.29. The highest BCUT2D eigenvalue weighted by Crippen LogP contribution is 2.28. The van der Waals surface area contributed by atoms with Crippen LogP contribution in [0.25, 0.3) is 0 Å². The van der Waals surface area contributed by atoms with Crippen molar-refractivity contribution in [2.45, 2.75) is 26.4 Å². The van der Waals surface area contributed by atoms with Crippen LogP contribution in [0.3, 0.4) is 0 Å². The third-order valence-corrected chi connectivity index (χ3v) is 2.60. The Kier molecular flexibility index (Phi) is 8.78. The van der Waals surface area contributed by atoms with E-state index in [-0.39, 0.29) is 0 Å². The Morgan fingerprint density at radius 1 is 0.850 bits per heavy atom. The molecule has 0 saturated carbocycles. The maximum absolute atomic E-state index is 5.67. The zero-order valence-electron chi connectivity index (χ0n) is 11.7. The van der Waals surface area contributed by atoms with Crippen molar-refractivity contribution in [2.75, 3.05) is 25.0 Å². The van der Waals surface area contributed by atoms with Crippen LogP contribution in [-0.4, -0.2) is 37.6 Å². The number of ether oxygens (including phenoxy) is 4. The first-order chi connectivity index (χ1) is 9.67. The monoisotopic (exact) mass is 322 g/mol. The van der Waals surface area contributed by atoms with Crippen LogP contribution in [0.4, 0.5) is 0 Å². The van der Waals surface area contributed by atoms with Crippen LogP contribution in [-0.2, 0) is 9.47 Å². The van der Waals surface area contributed by atoms with E-state index < -0.39 is 12.6 Å². The van der Waals surface area contributed by atoms with Crippen molar-refractivity contribution in [3.63, 3.8) is 0 Å². The van der Waals surface area contributed by atoms with E-state index in [1.54, 1.807) is 13.8 Å². The average Bonchev–Trinajstić information content (AvgIpc) is 2.45. The van der Waals surface area contributed by atoms with Crippen molar-refractivity contribution in [1.29, 1.82) is 0 Å². The van der Waals surface area contributed by atoms with Gasteiger partial charge in [0.1, 0.15) is 0 Å². The number of halogens is 2. The molecule has 0 radical (unpaired) electrons. The molecule has 0 bridgehead atoms. The molecule has 1 rings (SSSR count). The SMILES string of the molecule is CC(OCCCl)Oc1ccccc1OC(C)OCCCl. The average molecular weight is 323 g/mol. The highest BCUT2D eigenvalue weighted by atomic mass is 35.5. The first-order valence-electron chi connectivity index (χ1n) is 6.44. The standard InChI is InChI=1S/C14H20Cl2O4/c1-11(17-9-7-15)19-13-5-3-4-6-14(13)20-12(2)18-10-8-16/h3-6,11-12H,7-10H2,1-2H3. The molecule has 0 amide bonds. The molecule has 6 heteroatoms. The zero-order chi connectivity index (χ0) is 14.8. The van der Waals surface area contributed by atoms with E-state index in [4.69, 9.17) is 42.1 Å². The summed E-state index contributed by atoms with van der Waals surface area (Å²) in [6.07, 6.45) is -0.810. The van der Waals surface area contributed by atoms with Gasteiger partial charge in [-0.1, -0.05) is 12.1 Å². The second-order valence-corrected chi connectivity index (χ2v) is 4.69. The largest absolute Gasteiger partial charge is 0.461 e. The van der Waals surface area contributed by atoms with Crippen molar-refractivity contribution in [3.05, 3.63) is 24.3 Å². The Morgan fingerprint density at radius 2 is 1.25 bits per heavy atom. The fraction of sp³-hybridized carbons (Fsp3) is 0.571. The molecule has 0 heterocycles. The molecule has 2 unspecified atom stereocenters. The first kappa shape index (κ1) is 17.4. The van der Waals surface area contributed by atoms with Crippen molar-refractivity contribution in [3.8, 4) is 11.5 Å². The number of rotatable bonds is 10. The molecule has 0 N–H and O–H groups in total. The number of para-hydroxylation sites is 2. The minimum absolute atomic E-state index is 0.405. The lowest BCUT2D eigenvalue weighted by molar-refractivity contribution is -0.0758. The molecular weight excluding hydrogens is 303 g/mol. The van der Waals surface area contributed by atoms with Crippen molar-refractivity contribution in [2.24, 2.45) is 0 Å². The summed E-state index contributed by atoms with van der Waals surface area (Å²) in [6.45, 7) is 4.47. The van der Waals surface area contributed by atoms with Gasteiger partial charge >= 0.3 is 0 Å². The van der Waals surface area contributed by atoms with Gasteiger partial charge < -0.3 is 18.9 Å². The summed E-state index contributed by atoms with van der Waals surface area (Å²) in [6, 6.07) is 7.34. The molecule has 0 spiro atoms. The molecule has 20 heavy (non-hydrogen) atoms. The van der Waals surface area contributed by atoms with Crippen LogP contribution in [0.15, 0.2) is 24.3 Å². The fourth-order valence-electron chi connectivity index (χ4n) is 1.49. The second kappa shape index (κ2) is 10.1. The molecule has 2 atom stereocenters. The van der Waals surface area contributed by atoms with Gasteiger partial charge in [-0.3, -0.25) is 0 Å². The summed E-state index contributed by atoms with van der Waals surface area (Å²) in [7, 11) is 0. The van der Waals surface area contributed by atoms with Crippen LogP contribution in [0.1, 0.15) is 13.8 Å². The lowest BCUT2D eigenvalue weighted by atomic mass is 10.3. The molecule has 0 aliphatic rings. The lowest BCUT2D eigenvalue weighted by Gasteiger charge is -2.20. The Morgan fingerprint density at radius 3 is 1.60 bits per heavy atom. The van der Waals surface area contributed by atoms with Gasteiger partial charge in [0, 0.05) is 11.8 Å². The van der Waals surface area contributed by atoms with Gasteiger partial charge in [-0.05, 0) is 26.0 Å². The zero-order valence-corrected chi connectivity index (χ0v) is 13.2. The number of hydrogen-bond acceptors (Lipinski definition) is 4. The normalized spacial score (nSPS) is 13.8. The maximum atomic E-state index is 5.67. The summed E-state index contributed by atoms with van der Waals surface area (Å²) in [5.41, 5.74) is 0. The van der Waals surface area contributed by atoms with E-state index in [9.17, 15) is 0 Å². The van der Waals surface area contributed by atoms with Crippen LogP contribution in [0.5, 0.6) is 11.5 Å². The van der Waals surface area contributed by atoms with Crippen molar-refractivity contribution < 1.29 is 18.9 Å². The highest BCUT2D eigenvalue weighted by molar-refractivity contribution is 6.18. The maximum Gasteiger partial charge on any atom is 0.197 e. The second-order valence-electron chi connectivity index (χ2n) is 3.94. The van der Waals surface area contributed by atoms with E-state index >= 15 is 0 Å². The quantitative estimate of drug-likeness (QED) is 0.486. The van der Waals surface area contributed by atoms with Gasteiger partial charge in [0.2, 0.25) is 0 Å². The van der Waals surface area contributed by atoms with Crippen LogP contribution in [0, 0.1) is 0 Å². The molecule has 0 aliphatic heterocycles. The summed E-state index contributed by atoms with van der Waals surface area (Å²) >= 11 is 11.1. The van der Waals surface area contributed by atoms with Crippen molar-refractivity contribution >= 4 is 23.2 Å². The van der Waals surface area contributed by atoms with Gasteiger partial charge in [0.05, 0.1) is 13.2 Å². The molecule has 0 aliphatic carbocycles. The fourth-order valence-corrected chi connectivity index (χ4v) is 1.67. The molecule has 4 nitrogen and oxygen atoms in total. The van der Waals surface area contributed by atoms with Crippen LogP contribution >= 0.6 is 23.2 Å². The van der Waals surface area contributed by atoms with Crippen molar-refractivity contribution in [1.82, 2.24) is 0 Å². The predicted molar refractivity (Wildman–Crippen MR) is 80.0 cm³/mol. The molecule has 1 aromatic carbocycles. The number of benzene rings is 1. The van der Waals surface area contributed by atoms with Crippen LogP contribution in [0.2, 0.25) is 0 Å². The Bertz CT molecular complexity index is 341. The summed E-state index contributed by atoms with van der Waals surface area (Å²) in [5.74, 6) is 2.04. The summed E-state index contributed by atoms with van der Waals surface area (Å²) < 4.78 is 22.1. The van der Waals surface area contributed by atoms with Crippen LogP contribution < -0.4 is 9.47 Å².